The Hall–Kier alpha value is -1.29. The average Bonchev–Trinajstić information content (AvgIpc) is 2.36. The quantitative estimate of drug-likeness (QED) is 0.790. The molecule has 1 rings (SSSR count). The molecule has 100 valence electrons. The average molecular weight is 274 g/mol. The second kappa shape index (κ2) is 5.57. The van der Waals surface area contributed by atoms with Crippen LogP contribution in [0, 0.1) is 5.82 Å². The van der Waals surface area contributed by atoms with Crippen LogP contribution in [0.25, 0.3) is 0 Å². The Kier molecular flexibility index (Phi) is 4.57. The van der Waals surface area contributed by atoms with Crippen LogP contribution in [-0.2, 0) is 0 Å². The van der Waals surface area contributed by atoms with Crippen molar-refractivity contribution in [2.45, 2.75) is 19.4 Å². The Labute approximate surface area is 111 Å². The molecule has 0 aliphatic carbocycles. The van der Waals surface area contributed by atoms with Gasteiger partial charge in [-0.1, -0.05) is 0 Å². The third-order valence-corrected chi connectivity index (χ3v) is 3.59. The van der Waals surface area contributed by atoms with Crippen molar-refractivity contribution in [3.8, 4) is 5.75 Å². The summed E-state index contributed by atoms with van der Waals surface area (Å²) in [7, 11) is 3.02. The van der Waals surface area contributed by atoms with Crippen molar-refractivity contribution >= 4 is 17.5 Å². The SMILES string of the molecule is COc1ccc(C(=O)N(C)C(C)(C)CCl)cc1F. The maximum Gasteiger partial charge on any atom is 0.254 e. The molecule has 0 heterocycles. The number of ether oxygens (including phenoxy) is 1. The number of nitrogens with zero attached hydrogens (tertiary/aromatic N) is 1. The lowest BCUT2D eigenvalue weighted by Gasteiger charge is -2.34. The second-order valence-electron chi connectivity index (χ2n) is 4.66. The molecule has 3 nitrogen and oxygen atoms in total. The lowest BCUT2D eigenvalue weighted by atomic mass is 10.0. The van der Waals surface area contributed by atoms with Crippen LogP contribution in [0.5, 0.6) is 5.75 Å². The van der Waals surface area contributed by atoms with Crippen LogP contribution in [-0.4, -0.2) is 36.4 Å². The zero-order chi connectivity index (χ0) is 13.9. The summed E-state index contributed by atoms with van der Waals surface area (Å²) in [5.41, 5.74) is -0.219. The van der Waals surface area contributed by atoms with E-state index in [2.05, 4.69) is 0 Å². The molecule has 1 aromatic carbocycles. The molecule has 0 aliphatic heterocycles. The van der Waals surface area contributed by atoms with Gasteiger partial charge < -0.3 is 9.64 Å². The number of methoxy groups -OCH3 is 1. The molecule has 0 saturated heterocycles. The number of amides is 1. The monoisotopic (exact) mass is 273 g/mol. The Morgan fingerprint density at radius 2 is 2.11 bits per heavy atom. The van der Waals surface area contributed by atoms with Crippen LogP contribution in [0.4, 0.5) is 4.39 Å². The van der Waals surface area contributed by atoms with Crippen molar-refractivity contribution in [1.29, 1.82) is 0 Å². The summed E-state index contributed by atoms with van der Waals surface area (Å²) in [6.45, 7) is 3.69. The number of hydrogen-bond donors (Lipinski definition) is 0. The van der Waals surface area contributed by atoms with Crippen molar-refractivity contribution in [1.82, 2.24) is 4.90 Å². The number of carbonyl (C=O) groups excluding carboxylic acids is 1. The first-order valence-corrected chi connectivity index (χ1v) is 6.04. The molecule has 1 aromatic rings. The zero-order valence-corrected chi connectivity index (χ0v) is 11.7. The minimum absolute atomic E-state index is 0.116. The van der Waals surface area contributed by atoms with Crippen molar-refractivity contribution in [2.24, 2.45) is 0 Å². The van der Waals surface area contributed by atoms with Gasteiger partial charge in [0.2, 0.25) is 0 Å². The third-order valence-electron chi connectivity index (χ3n) is 2.94. The van der Waals surface area contributed by atoms with Gasteiger partial charge >= 0.3 is 0 Å². The predicted molar refractivity (Wildman–Crippen MR) is 69.8 cm³/mol. The van der Waals surface area contributed by atoms with E-state index in [1.54, 1.807) is 7.05 Å². The topological polar surface area (TPSA) is 29.5 Å². The van der Waals surface area contributed by atoms with E-state index in [1.165, 1.54) is 30.2 Å². The van der Waals surface area contributed by atoms with Gasteiger partial charge in [-0.05, 0) is 32.0 Å². The van der Waals surface area contributed by atoms with Gasteiger partial charge in [-0.2, -0.15) is 0 Å². The maximum absolute atomic E-state index is 13.5. The van der Waals surface area contributed by atoms with Crippen molar-refractivity contribution in [3.05, 3.63) is 29.6 Å². The normalized spacial score (nSPS) is 11.2. The molecule has 0 fully saturated rings. The zero-order valence-electron chi connectivity index (χ0n) is 11.0. The standard InChI is InChI=1S/C13H17ClFNO2/c1-13(2,8-14)16(3)12(17)9-5-6-11(18-4)10(15)7-9/h5-7H,8H2,1-4H3. The summed E-state index contributed by atoms with van der Waals surface area (Å²) in [4.78, 5) is 13.7. The van der Waals surface area contributed by atoms with Crippen LogP contribution < -0.4 is 4.74 Å². The number of benzene rings is 1. The highest BCUT2D eigenvalue weighted by atomic mass is 35.5. The van der Waals surface area contributed by atoms with E-state index in [-0.39, 0.29) is 17.2 Å². The highest BCUT2D eigenvalue weighted by Gasteiger charge is 2.27. The van der Waals surface area contributed by atoms with Crippen LogP contribution in [0.3, 0.4) is 0 Å². The molecule has 0 atom stereocenters. The van der Waals surface area contributed by atoms with Crippen molar-refractivity contribution < 1.29 is 13.9 Å². The minimum atomic E-state index is -0.555. The summed E-state index contributed by atoms with van der Waals surface area (Å²) in [5.74, 6) is -0.415. The van der Waals surface area contributed by atoms with Gasteiger partial charge in [0.25, 0.3) is 5.91 Å². The second-order valence-corrected chi connectivity index (χ2v) is 4.93. The van der Waals surface area contributed by atoms with E-state index in [9.17, 15) is 9.18 Å². The molecule has 0 radical (unpaired) electrons. The van der Waals surface area contributed by atoms with E-state index in [0.29, 0.717) is 5.88 Å². The summed E-state index contributed by atoms with van der Waals surface area (Å²) < 4.78 is 18.3. The summed E-state index contributed by atoms with van der Waals surface area (Å²) >= 11 is 5.81. The number of hydrogen-bond acceptors (Lipinski definition) is 2. The molecule has 0 aromatic heterocycles. The highest BCUT2D eigenvalue weighted by Crippen LogP contribution is 2.21. The predicted octanol–water partition coefficient (Wildman–Crippen LogP) is 2.92. The van der Waals surface area contributed by atoms with Gasteiger partial charge in [0.05, 0.1) is 12.6 Å². The first-order valence-electron chi connectivity index (χ1n) is 5.51. The van der Waals surface area contributed by atoms with E-state index < -0.39 is 11.4 Å². The van der Waals surface area contributed by atoms with Gasteiger partial charge in [-0.15, -0.1) is 11.6 Å². The van der Waals surface area contributed by atoms with Crippen molar-refractivity contribution in [3.63, 3.8) is 0 Å². The van der Waals surface area contributed by atoms with Gasteiger partial charge in [0, 0.05) is 18.5 Å². The minimum Gasteiger partial charge on any atom is -0.494 e. The molecular formula is C13H17ClFNO2. The summed E-state index contributed by atoms with van der Waals surface area (Å²) in [5, 5.41) is 0. The Balaban J connectivity index is 3.01. The Morgan fingerprint density at radius 1 is 1.50 bits per heavy atom. The van der Waals surface area contributed by atoms with E-state index >= 15 is 0 Å². The first-order chi connectivity index (χ1) is 8.33. The van der Waals surface area contributed by atoms with Crippen LogP contribution >= 0.6 is 11.6 Å². The fourth-order valence-corrected chi connectivity index (χ4v) is 1.54. The number of alkyl halides is 1. The molecule has 18 heavy (non-hydrogen) atoms. The Bertz CT molecular complexity index is 449. The van der Waals surface area contributed by atoms with Gasteiger partial charge in [-0.25, -0.2) is 4.39 Å². The van der Waals surface area contributed by atoms with Gasteiger partial charge in [0.15, 0.2) is 11.6 Å². The molecule has 0 unspecified atom stereocenters. The molecule has 1 amide bonds. The fourth-order valence-electron chi connectivity index (χ4n) is 1.36. The maximum atomic E-state index is 13.5. The smallest absolute Gasteiger partial charge is 0.254 e. The molecule has 0 spiro atoms. The fraction of sp³-hybridized carbons (Fsp3) is 0.462. The van der Waals surface area contributed by atoms with E-state index in [4.69, 9.17) is 16.3 Å². The van der Waals surface area contributed by atoms with Crippen LogP contribution in [0.15, 0.2) is 18.2 Å². The number of rotatable bonds is 4. The van der Waals surface area contributed by atoms with E-state index in [1.807, 2.05) is 13.8 Å². The lowest BCUT2D eigenvalue weighted by molar-refractivity contribution is 0.0659. The molecule has 0 bridgehead atoms. The third kappa shape index (κ3) is 2.93. The molecule has 0 aliphatic rings. The van der Waals surface area contributed by atoms with E-state index in [0.717, 1.165) is 0 Å². The molecule has 0 N–H and O–H groups in total. The van der Waals surface area contributed by atoms with Crippen molar-refractivity contribution in [2.75, 3.05) is 20.0 Å². The summed E-state index contributed by atoms with van der Waals surface area (Å²) in [6.07, 6.45) is 0. The van der Waals surface area contributed by atoms with Crippen LogP contribution in [0.1, 0.15) is 24.2 Å². The number of halogens is 2. The summed E-state index contributed by atoms with van der Waals surface area (Å²) in [6, 6.07) is 4.14. The molecule has 0 saturated carbocycles. The van der Waals surface area contributed by atoms with Crippen LogP contribution in [0.2, 0.25) is 0 Å². The largest absolute Gasteiger partial charge is 0.494 e. The molecule has 5 heteroatoms. The van der Waals surface area contributed by atoms with Gasteiger partial charge in [0.1, 0.15) is 0 Å². The van der Waals surface area contributed by atoms with Gasteiger partial charge in [-0.3, -0.25) is 4.79 Å². The Morgan fingerprint density at radius 3 is 2.56 bits per heavy atom. The number of carbonyl (C=O) groups is 1. The molecular weight excluding hydrogens is 257 g/mol. The highest BCUT2D eigenvalue weighted by molar-refractivity contribution is 6.18. The lowest BCUT2D eigenvalue weighted by Crippen LogP contribution is -2.46. The first kappa shape index (κ1) is 14.8.